The lowest BCUT2D eigenvalue weighted by molar-refractivity contribution is -0.115. The number of nitrogens with zero attached hydrogens (tertiary/aromatic N) is 2. The maximum Gasteiger partial charge on any atom is 0.262 e. The molecule has 0 atom stereocenters. The molecule has 0 aliphatic heterocycles. The maximum atomic E-state index is 13.1. The molecule has 0 aliphatic carbocycles. The van der Waals surface area contributed by atoms with Gasteiger partial charge in [-0.1, -0.05) is 62.2 Å². The summed E-state index contributed by atoms with van der Waals surface area (Å²) < 4.78 is 1.69. The highest BCUT2D eigenvalue weighted by Gasteiger charge is 2.14. The van der Waals surface area contributed by atoms with Gasteiger partial charge < -0.3 is 11.1 Å². The quantitative estimate of drug-likeness (QED) is 0.226. The average Bonchev–Trinajstić information content (AvgIpc) is 2.81. The van der Waals surface area contributed by atoms with Crippen molar-refractivity contribution in [2.45, 2.75) is 49.2 Å². The van der Waals surface area contributed by atoms with E-state index in [1.807, 2.05) is 36.4 Å². The van der Waals surface area contributed by atoms with Crippen LogP contribution in [0.25, 0.3) is 10.9 Å². The van der Waals surface area contributed by atoms with Crippen molar-refractivity contribution in [3.63, 3.8) is 0 Å². The van der Waals surface area contributed by atoms with E-state index in [2.05, 4.69) is 17.2 Å². The second-order valence-corrected chi connectivity index (χ2v) is 9.48. The molecule has 7 nitrogen and oxygen atoms in total. The smallest absolute Gasteiger partial charge is 0.262 e. The van der Waals surface area contributed by atoms with E-state index in [-0.39, 0.29) is 23.0 Å². The molecule has 33 heavy (non-hydrogen) atoms. The van der Waals surface area contributed by atoms with Crippen molar-refractivity contribution in [1.29, 1.82) is 0 Å². The molecular weight excluding hydrogens is 456 g/mol. The summed E-state index contributed by atoms with van der Waals surface area (Å²) in [5.74, 6) is -0.398. The number of rotatable bonds is 12. The van der Waals surface area contributed by atoms with Crippen LogP contribution in [0.4, 0.5) is 5.69 Å². The van der Waals surface area contributed by atoms with Gasteiger partial charge in [0.25, 0.3) is 5.56 Å². The molecule has 0 saturated heterocycles. The van der Waals surface area contributed by atoms with Gasteiger partial charge in [-0.25, -0.2) is 4.98 Å². The summed E-state index contributed by atoms with van der Waals surface area (Å²) in [5, 5.41) is 4.02. The summed E-state index contributed by atoms with van der Waals surface area (Å²) in [5.41, 5.74) is 6.41. The topological polar surface area (TPSA) is 107 Å². The van der Waals surface area contributed by atoms with Gasteiger partial charge in [-0.2, -0.15) is 0 Å². The molecule has 0 bridgehead atoms. The van der Waals surface area contributed by atoms with Crippen LogP contribution in [0.2, 0.25) is 0 Å². The molecule has 0 saturated carbocycles. The lowest BCUT2D eigenvalue weighted by Crippen LogP contribution is -2.24. The molecule has 9 heteroatoms. The van der Waals surface area contributed by atoms with E-state index in [1.54, 1.807) is 16.7 Å². The van der Waals surface area contributed by atoms with E-state index >= 15 is 0 Å². The molecule has 3 aromatic rings. The number of hydrogen-bond acceptors (Lipinski definition) is 6. The Labute approximate surface area is 201 Å². The van der Waals surface area contributed by atoms with E-state index in [0.717, 1.165) is 30.6 Å². The van der Waals surface area contributed by atoms with Crippen LogP contribution < -0.4 is 16.6 Å². The summed E-state index contributed by atoms with van der Waals surface area (Å²) in [6, 6.07) is 14.5. The number of anilines is 1. The molecule has 174 valence electrons. The highest BCUT2D eigenvalue weighted by molar-refractivity contribution is 8.00. The highest BCUT2D eigenvalue weighted by atomic mass is 32.2. The van der Waals surface area contributed by atoms with Crippen molar-refractivity contribution in [3.05, 3.63) is 58.9 Å². The SMILES string of the molecule is CCCCCCn1c(SCC(=O)Nc2ccccc2SCC(N)=O)nc2ccccc2c1=O. The maximum absolute atomic E-state index is 13.1. The number of benzene rings is 2. The average molecular weight is 485 g/mol. The number of nitrogens with one attached hydrogen (secondary N) is 1. The number of hydrogen-bond donors (Lipinski definition) is 2. The summed E-state index contributed by atoms with van der Waals surface area (Å²) >= 11 is 2.53. The third-order valence-electron chi connectivity index (χ3n) is 4.93. The Morgan fingerprint density at radius 1 is 1.00 bits per heavy atom. The molecule has 3 N–H and O–H groups in total. The zero-order chi connectivity index (χ0) is 23.6. The Hall–Kier alpha value is -2.78. The molecule has 0 aliphatic rings. The third kappa shape index (κ3) is 7.10. The lowest BCUT2D eigenvalue weighted by atomic mass is 10.2. The second kappa shape index (κ2) is 12.5. The van der Waals surface area contributed by atoms with Crippen molar-refractivity contribution in [1.82, 2.24) is 9.55 Å². The fraction of sp³-hybridized carbons (Fsp3) is 0.333. The largest absolute Gasteiger partial charge is 0.369 e. The molecule has 0 radical (unpaired) electrons. The number of amides is 2. The Morgan fingerprint density at radius 2 is 1.76 bits per heavy atom. The van der Waals surface area contributed by atoms with Crippen LogP contribution in [-0.4, -0.2) is 32.9 Å². The molecule has 2 aromatic carbocycles. The van der Waals surface area contributed by atoms with E-state index < -0.39 is 5.91 Å². The van der Waals surface area contributed by atoms with Crippen molar-refractivity contribution in [2.75, 3.05) is 16.8 Å². The van der Waals surface area contributed by atoms with Crippen LogP contribution in [0.5, 0.6) is 0 Å². The molecule has 0 fully saturated rings. The third-order valence-corrected chi connectivity index (χ3v) is 7.00. The highest BCUT2D eigenvalue weighted by Crippen LogP contribution is 2.27. The zero-order valence-corrected chi connectivity index (χ0v) is 20.2. The first-order chi connectivity index (χ1) is 16.0. The van der Waals surface area contributed by atoms with Gasteiger partial charge in [0.05, 0.1) is 28.1 Å². The molecular formula is C24H28N4O3S2. The Kier molecular flexibility index (Phi) is 9.38. The van der Waals surface area contributed by atoms with Crippen LogP contribution >= 0.6 is 23.5 Å². The molecule has 0 unspecified atom stereocenters. The fourth-order valence-corrected chi connectivity index (χ4v) is 4.89. The fourth-order valence-electron chi connectivity index (χ4n) is 3.31. The first kappa shape index (κ1) is 24.9. The zero-order valence-electron chi connectivity index (χ0n) is 18.6. The number of carbonyl (C=O) groups is 2. The van der Waals surface area contributed by atoms with Crippen molar-refractivity contribution >= 4 is 51.9 Å². The van der Waals surface area contributed by atoms with Crippen LogP contribution in [0, 0.1) is 0 Å². The number of carbonyl (C=O) groups excluding carboxylic acids is 2. The van der Waals surface area contributed by atoms with E-state index in [4.69, 9.17) is 5.73 Å². The Balaban J connectivity index is 1.74. The number of unbranched alkanes of at least 4 members (excludes halogenated alkanes) is 3. The van der Waals surface area contributed by atoms with Gasteiger partial charge in [0.2, 0.25) is 11.8 Å². The summed E-state index contributed by atoms with van der Waals surface area (Å²) in [7, 11) is 0. The molecule has 0 spiro atoms. The minimum Gasteiger partial charge on any atom is -0.369 e. The number of aromatic nitrogens is 2. The molecule has 3 rings (SSSR count). The van der Waals surface area contributed by atoms with Gasteiger partial charge in [0, 0.05) is 11.4 Å². The first-order valence-corrected chi connectivity index (χ1v) is 12.9. The lowest BCUT2D eigenvalue weighted by Gasteiger charge is -2.14. The van der Waals surface area contributed by atoms with Crippen molar-refractivity contribution in [2.24, 2.45) is 5.73 Å². The summed E-state index contributed by atoms with van der Waals surface area (Å²) in [6.45, 7) is 2.72. The van der Waals surface area contributed by atoms with E-state index in [1.165, 1.54) is 23.5 Å². The van der Waals surface area contributed by atoms with Crippen LogP contribution in [0.1, 0.15) is 32.6 Å². The summed E-state index contributed by atoms with van der Waals surface area (Å²) in [4.78, 5) is 42.3. The van der Waals surface area contributed by atoms with Gasteiger partial charge in [0.15, 0.2) is 5.16 Å². The minimum absolute atomic E-state index is 0.0757. The number of nitrogens with two attached hydrogens (primary N) is 1. The molecule has 1 heterocycles. The van der Waals surface area contributed by atoms with Crippen molar-refractivity contribution < 1.29 is 9.59 Å². The Bertz CT molecular complexity index is 1180. The first-order valence-electron chi connectivity index (χ1n) is 10.9. The van der Waals surface area contributed by atoms with Gasteiger partial charge in [0.1, 0.15) is 0 Å². The second-order valence-electron chi connectivity index (χ2n) is 7.52. The standard InChI is InChI=1S/C24H28N4O3S2/c1-2-3-4-9-14-28-23(31)17-10-5-6-11-18(17)27-24(28)33-16-22(30)26-19-12-7-8-13-20(19)32-15-21(25)29/h5-8,10-13H,2-4,9,14-16H2,1H3,(H2,25,29)(H,26,30). The van der Waals surface area contributed by atoms with E-state index in [0.29, 0.717) is 28.3 Å². The number of para-hydroxylation sites is 2. The number of thioether (sulfide) groups is 2. The molecule has 2 amide bonds. The normalized spacial score (nSPS) is 10.9. The summed E-state index contributed by atoms with van der Waals surface area (Å²) in [6.07, 6.45) is 4.16. The number of primary amides is 1. The van der Waals surface area contributed by atoms with Crippen molar-refractivity contribution in [3.8, 4) is 0 Å². The minimum atomic E-state index is -0.420. The van der Waals surface area contributed by atoms with Gasteiger partial charge >= 0.3 is 0 Å². The predicted octanol–water partition coefficient (Wildman–Crippen LogP) is 4.29. The Morgan fingerprint density at radius 3 is 2.55 bits per heavy atom. The van der Waals surface area contributed by atoms with Gasteiger partial charge in [-0.15, -0.1) is 11.8 Å². The monoisotopic (exact) mass is 484 g/mol. The van der Waals surface area contributed by atoms with Gasteiger partial charge in [-0.05, 0) is 30.7 Å². The van der Waals surface area contributed by atoms with E-state index in [9.17, 15) is 14.4 Å². The van der Waals surface area contributed by atoms with Crippen LogP contribution in [0.3, 0.4) is 0 Å². The number of fused-ring (bicyclic) bond motifs is 1. The predicted molar refractivity (Wildman–Crippen MR) is 136 cm³/mol. The van der Waals surface area contributed by atoms with Crippen LogP contribution in [-0.2, 0) is 16.1 Å². The van der Waals surface area contributed by atoms with Gasteiger partial charge in [-0.3, -0.25) is 19.0 Å². The van der Waals surface area contributed by atoms with Crippen LogP contribution in [0.15, 0.2) is 63.4 Å². The molecule has 1 aromatic heterocycles.